The lowest BCUT2D eigenvalue weighted by molar-refractivity contribution is 0.0692. The molecule has 1 rings (SSSR count). The van der Waals surface area contributed by atoms with Crippen molar-refractivity contribution in [3.63, 3.8) is 0 Å². The molecule has 0 amide bonds. The number of likely N-dealkylation sites (N-methyl/N-ethyl adjacent to an activating group) is 1. The molecule has 5 nitrogen and oxygen atoms in total. The largest absolute Gasteiger partial charge is 0.478 e. The highest BCUT2D eigenvalue weighted by Crippen LogP contribution is 2.14. The average Bonchev–Trinajstić information content (AvgIpc) is 2.30. The zero-order chi connectivity index (χ0) is 12.8. The molecule has 0 saturated carbocycles. The summed E-state index contributed by atoms with van der Waals surface area (Å²) < 4.78 is 13.6. The van der Waals surface area contributed by atoms with E-state index in [9.17, 15) is 9.18 Å². The molecule has 1 heterocycles. The third-order valence-electron chi connectivity index (χ3n) is 2.45. The molecule has 0 fully saturated rings. The van der Waals surface area contributed by atoms with Crippen molar-refractivity contribution in [2.45, 2.75) is 6.92 Å². The molecule has 0 aliphatic heterocycles. The van der Waals surface area contributed by atoms with Crippen molar-refractivity contribution in [1.29, 1.82) is 0 Å². The van der Waals surface area contributed by atoms with Gasteiger partial charge in [-0.2, -0.15) is 0 Å². The van der Waals surface area contributed by atoms with Gasteiger partial charge in [0.25, 0.3) is 0 Å². The average molecular weight is 241 g/mol. The molecule has 1 aromatic rings. The molecule has 2 N–H and O–H groups in total. The van der Waals surface area contributed by atoms with E-state index in [1.807, 2.05) is 18.9 Å². The molecule has 0 aliphatic rings. The van der Waals surface area contributed by atoms with Gasteiger partial charge in [-0.1, -0.05) is 6.92 Å². The number of hydrogen-bond acceptors (Lipinski definition) is 4. The zero-order valence-electron chi connectivity index (χ0n) is 9.90. The van der Waals surface area contributed by atoms with Gasteiger partial charge in [0.2, 0.25) is 0 Å². The van der Waals surface area contributed by atoms with Crippen LogP contribution in [0, 0.1) is 5.82 Å². The third kappa shape index (κ3) is 3.67. The Bertz CT molecular complexity index is 398. The highest BCUT2D eigenvalue weighted by molar-refractivity contribution is 5.88. The van der Waals surface area contributed by atoms with Gasteiger partial charge < -0.3 is 15.3 Å². The minimum absolute atomic E-state index is 0.0191. The molecule has 17 heavy (non-hydrogen) atoms. The standard InChI is InChI=1S/C11H16FN3O2/c1-3-15(2)7-6-14-10-9(12)8(11(16)17)4-5-13-10/h4-5H,3,6-7H2,1-2H3,(H,13,14)(H,16,17). The zero-order valence-corrected chi connectivity index (χ0v) is 9.90. The quantitative estimate of drug-likeness (QED) is 0.785. The topological polar surface area (TPSA) is 65.5 Å². The Hall–Kier alpha value is -1.69. The highest BCUT2D eigenvalue weighted by Gasteiger charge is 2.14. The molecule has 0 spiro atoms. The van der Waals surface area contributed by atoms with Gasteiger partial charge in [-0.25, -0.2) is 14.2 Å². The van der Waals surface area contributed by atoms with Gasteiger partial charge in [0.05, 0.1) is 0 Å². The molecule has 1 aromatic heterocycles. The van der Waals surface area contributed by atoms with Gasteiger partial charge in [0, 0.05) is 19.3 Å². The smallest absolute Gasteiger partial charge is 0.338 e. The van der Waals surface area contributed by atoms with Crippen LogP contribution in [0.3, 0.4) is 0 Å². The number of hydrogen-bond donors (Lipinski definition) is 2. The Balaban J connectivity index is 2.66. The first-order chi connectivity index (χ1) is 8.06. The van der Waals surface area contributed by atoms with Crippen molar-refractivity contribution in [1.82, 2.24) is 9.88 Å². The predicted octanol–water partition coefficient (Wildman–Crippen LogP) is 1.28. The number of carbonyl (C=O) groups is 1. The lowest BCUT2D eigenvalue weighted by atomic mass is 10.2. The molecule has 0 atom stereocenters. The summed E-state index contributed by atoms with van der Waals surface area (Å²) in [6.45, 7) is 4.16. The molecule has 0 radical (unpaired) electrons. The molecule has 6 heteroatoms. The van der Waals surface area contributed by atoms with E-state index in [4.69, 9.17) is 5.11 Å². The monoisotopic (exact) mass is 241 g/mol. The fourth-order valence-electron chi connectivity index (χ4n) is 1.26. The van der Waals surface area contributed by atoms with Crippen LogP contribution in [-0.4, -0.2) is 47.6 Å². The Morgan fingerprint density at radius 2 is 2.35 bits per heavy atom. The van der Waals surface area contributed by atoms with Gasteiger partial charge in [-0.05, 0) is 19.7 Å². The van der Waals surface area contributed by atoms with E-state index in [0.717, 1.165) is 19.2 Å². The van der Waals surface area contributed by atoms with Gasteiger partial charge in [0.15, 0.2) is 11.6 Å². The van der Waals surface area contributed by atoms with Crippen molar-refractivity contribution < 1.29 is 14.3 Å². The van der Waals surface area contributed by atoms with E-state index in [-0.39, 0.29) is 11.4 Å². The van der Waals surface area contributed by atoms with Gasteiger partial charge in [0.1, 0.15) is 5.56 Å². The number of anilines is 1. The van der Waals surface area contributed by atoms with Crippen LogP contribution >= 0.6 is 0 Å². The van der Waals surface area contributed by atoms with Crippen molar-refractivity contribution in [2.24, 2.45) is 0 Å². The van der Waals surface area contributed by atoms with Gasteiger partial charge in [-0.15, -0.1) is 0 Å². The van der Waals surface area contributed by atoms with Gasteiger partial charge >= 0.3 is 5.97 Å². The summed E-state index contributed by atoms with van der Waals surface area (Å²) in [5.41, 5.74) is -0.369. The highest BCUT2D eigenvalue weighted by atomic mass is 19.1. The van der Waals surface area contributed by atoms with E-state index in [1.165, 1.54) is 6.20 Å². The van der Waals surface area contributed by atoms with Crippen molar-refractivity contribution in [3.8, 4) is 0 Å². The van der Waals surface area contributed by atoms with Crippen LogP contribution < -0.4 is 5.32 Å². The second-order valence-corrected chi connectivity index (χ2v) is 3.65. The summed E-state index contributed by atoms with van der Waals surface area (Å²) in [5, 5.41) is 11.5. The number of carboxylic acids is 1. The summed E-state index contributed by atoms with van der Waals surface area (Å²) in [6.07, 6.45) is 1.28. The van der Waals surface area contributed by atoms with Crippen molar-refractivity contribution in [2.75, 3.05) is 32.0 Å². The molecule has 0 aliphatic carbocycles. The maximum atomic E-state index is 13.6. The predicted molar refractivity (Wildman–Crippen MR) is 62.8 cm³/mol. The fraction of sp³-hybridized carbons (Fsp3) is 0.455. The summed E-state index contributed by atoms with van der Waals surface area (Å²) in [7, 11) is 1.94. The first kappa shape index (κ1) is 13.4. The molecular weight excluding hydrogens is 225 g/mol. The number of carboxylic acid groups (broad SMARTS) is 1. The minimum Gasteiger partial charge on any atom is -0.478 e. The number of aromatic carboxylic acids is 1. The second-order valence-electron chi connectivity index (χ2n) is 3.65. The number of nitrogens with zero attached hydrogens (tertiary/aromatic N) is 2. The maximum Gasteiger partial charge on any atom is 0.338 e. The summed E-state index contributed by atoms with van der Waals surface area (Å²) >= 11 is 0. The number of halogens is 1. The van der Waals surface area contributed by atoms with Gasteiger partial charge in [-0.3, -0.25) is 0 Å². The molecule has 94 valence electrons. The van der Waals surface area contributed by atoms with Crippen molar-refractivity contribution in [3.05, 3.63) is 23.6 Å². The van der Waals surface area contributed by atoms with Crippen LogP contribution in [0.25, 0.3) is 0 Å². The molecule has 0 bridgehead atoms. The minimum atomic E-state index is -1.29. The van der Waals surface area contributed by atoms with Crippen LogP contribution in [0.15, 0.2) is 12.3 Å². The maximum absolute atomic E-state index is 13.6. The third-order valence-corrected chi connectivity index (χ3v) is 2.45. The van der Waals surface area contributed by atoms with Crippen LogP contribution in [0.5, 0.6) is 0 Å². The molecule has 0 saturated heterocycles. The Labute approximate surface area is 99.3 Å². The number of pyridine rings is 1. The van der Waals surface area contributed by atoms with Crippen LogP contribution in [0.4, 0.5) is 10.2 Å². The van der Waals surface area contributed by atoms with E-state index >= 15 is 0 Å². The van der Waals surface area contributed by atoms with E-state index in [1.54, 1.807) is 0 Å². The molecule has 0 aromatic carbocycles. The van der Waals surface area contributed by atoms with E-state index in [0.29, 0.717) is 6.54 Å². The summed E-state index contributed by atoms with van der Waals surface area (Å²) in [6, 6.07) is 1.14. The van der Waals surface area contributed by atoms with Crippen LogP contribution in [0.2, 0.25) is 0 Å². The number of nitrogens with one attached hydrogen (secondary N) is 1. The van der Waals surface area contributed by atoms with Crippen molar-refractivity contribution >= 4 is 11.8 Å². The second kappa shape index (κ2) is 6.15. The Kier molecular flexibility index (Phi) is 4.84. The van der Waals surface area contributed by atoms with Crippen LogP contribution in [0.1, 0.15) is 17.3 Å². The molecular formula is C11H16FN3O2. The number of rotatable bonds is 6. The first-order valence-corrected chi connectivity index (χ1v) is 5.36. The first-order valence-electron chi connectivity index (χ1n) is 5.36. The van der Waals surface area contributed by atoms with E-state index in [2.05, 4.69) is 10.3 Å². The molecule has 0 unspecified atom stereocenters. The lowest BCUT2D eigenvalue weighted by Gasteiger charge is -2.14. The normalized spacial score (nSPS) is 10.6. The number of aromatic nitrogens is 1. The SMILES string of the molecule is CCN(C)CCNc1nccc(C(=O)O)c1F. The summed E-state index contributed by atoms with van der Waals surface area (Å²) in [4.78, 5) is 16.5. The lowest BCUT2D eigenvalue weighted by Crippen LogP contribution is -2.25. The summed E-state index contributed by atoms with van der Waals surface area (Å²) in [5.74, 6) is -2.13. The Morgan fingerprint density at radius 3 is 2.94 bits per heavy atom. The van der Waals surface area contributed by atoms with E-state index < -0.39 is 11.8 Å². The fourth-order valence-corrected chi connectivity index (χ4v) is 1.26. The Morgan fingerprint density at radius 1 is 1.65 bits per heavy atom. The van der Waals surface area contributed by atoms with Crippen LogP contribution in [-0.2, 0) is 0 Å².